The van der Waals surface area contributed by atoms with E-state index in [0.29, 0.717) is 18.2 Å². The summed E-state index contributed by atoms with van der Waals surface area (Å²) in [7, 11) is 3.56. The molecule has 0 heterocycles. The summed E-state index contributed by atoms with van der Waals surface area (Å²) >= 11 is 0. The van der Waals surface area contributed by atoms with Crippen molar-refractivity contribution >= 4 is 0 Å². The second kappa shape index (κ2) is 5.69. The van der Waals surface area contributed by atoms with Crippen molar-refractivity contribution in [2.75, 3.05) is 14.2 Å². The SMILES string of the molecule is COC1CCC(NC(C)C(C)OC)C1. The molecular formula is C11H23NO2. The third kappa shape index (κ3) is 3.23. The maximum Gasteiger partial charge on any atom is 0.0693 e. The Bertz CT molecular complexity index is 163. The summed E-state index contributed by atoms with van der Waals surface area (Å²) in [5, 5.41) is 3.59. The Morgan fingerprint density at radius 3 is 2.43 bits per heavy atom. The predicted molar refractivity (Wildman–Crippen MR) is 57.5 cm³/mol. The molecule has 3 heteroatoms. The van der Waals surface area contributed by atoms with E-state index in [1.807, 2.05) is 0 Å². The van der Waals surface area contributed by atoms with E-state index >= 15 is 0 Å². The van der Waals surface area contributed by atoms with Gasteiger partial charge in [0.1, 0.15) is 0 Å². The van der Waals surface area contributed by atoms with Crippen LogP contribution in [0.25, 0.3) is 0 Å². The molecular weight excluding hydrogens is 178 g/mol. The van der Waals surface area contributed by atoms with Crippen molar-refractivity contribution in [2.24, 2.45) is 0 Å². The van der Waals surface area contributed by atoms with Crippen molar-refractivity contribution in [3.8, 4) is 0 Å². The normalized spacial score (nSPS) is 31.7. The number of ether oxygens (including phenoxy) is 2. The van der Waals surface area contributed by atoms with E-state index in [1.54, 1.807) is 14.2 Å². The molecule has 0 bridgehead atoms. The Morgan fingerprint density at radius 1 is 1.21 bits per heavy atom. The second-order valence-corrected chi connectivity index (χ2v) is 4.26. The lowest BCUT2D eigenvalue weighted by Crippen LogP contribution is -2.42. The highest BCUT2D eigenvalue weighted by atomic mass is 16.5. The van der Waals surface area contributed by atoms with Gasteiger partial charge < -0.3 is 14.8 Å². The molecule has 0 saturated heterocycles. The standard InChI is InChI=1S/C11H23NO2/c1-8(9(2)13-3)12-10-5-6-11(7-10)14-4/h8-12H,5-7H2,1-4H3. The lowest BCUT2D eigenvalue weighted by atomic mass is 10.1. The summed E-state index contributed by atoms with van der Waals surface area (Å²) in [5.41, 5.74) is 0. The number of rotatable bonds is 5. The van der Waals surface area contributed by atoms with Crippen LogP contribution in [0.5, 0.6) is 0 Å². The van der Waals surface area contributed by atoms with Gasteiger partial charge in [-0.2, -0.15) is 0 Å². The molecule has 14 heavy (non-hydrogen) atoms. The lowest BCUT2D eigenvalue weighted by molar-refractivity contribution is 0.0806. The molecule has 1 aliphatic rings. The fourth-order valence-corrected chi connectivity index (χ4v) is 2.02. The van der Waals surface area contributed by atoms with Gasteiger partial charge in [-0.3, -0.25) is 0 Å². The summed E-state index contributed by atoms with van der Waals surface area (Å²) in [5.74, 6) is 0. The minimum absolute atomic E-state index is 0.275. The van der Waals surface area contributed by atoms with Crippen molar-refractivity contribution in [3.63, 3.8) is 0 Å². The zero-order valence-electron chi connectivity index (χ0n) is 9.75. The zero-order valence-corrected chi connectivity index (χ0v) is 9.75. The number of nitrogens with one attached hydrogen (secondary N) is 1. The van der Waals surface area contributed by atoms with Gasteiger partial charge in [-0.25, -0.2) is 0 Å². The minimum atomic E-state index is 0.275. The molecule has 0 aromatic heterocycles. The van der Waals surface area contributed by atoms with E-state index in [-0.39, 0.29) is 6.10 Å². The van der Waals surface area contributed by atoms with Gasteiger partial charge in [0.2, 0.25) is 0 Å². The third-order valence-electron chi connectivity index (χ3n) is 3.29. The predicted octanol–water partition coefficient (Wildman–Crippen LogP) is 1.57. The first kappa shape index (κ1) is 12.0. The fourth-order valence-electron chi connectivity index (χ4n) is 2.02. The molecule has 0 amide bonds. The molecule has 4 atom stereocenters. The summed E-state index contributed by atoms with van der Waals surface area (Å²) in [6.45, 7) is 4.27. The van der Waals surface area contributed by atoms with Gasteiger partial charge in [0.05, 0.1) is 12.2 Å². The van der Waals surface area contributed by atoms with Gasteiger partial charge in [0.25, 0.3) is 0 Å². The Morgan fingerprint density at radius 2 is 1.93 bits per heavy atom. The van der Waals surface area contributed by atoms with Crippen LogP contribution in [0.3, 0.4) is 0 Å². The van der Waals surface area contributed by atoms with Gasteiger partial charge in [0.15, 0.2) is 0 Å². The molecule has 0 aliphatic heterocycles. The summed E-state index contributed by atoms with van der Waals surface area (Å²) in [6.07, 6.45) is 4.27. The first-order valence-corrected chi connectivity index (χ1v) is 5.49. The van der Waals surface area contributed by atoms with Crippen molar-refractivity contribution in [1.82, 2.24) is 5.32 Å². The highest BCUT2D eigenvalue weighted by Crippen LogP contribution is 2.22. The van der Waals surface area contributed by atoms with Gasteiger partial charge >= 0.3 is 0 Å². The van der Waals surface area contributed by atoms with E-state index in [4.69, 9.17) is 9.47 Å². The second-order valence-electron chi connectivity index (χ2n) is 4.26. The van der Waals surface area contributed by atoms with E-state index in [1.165, 1.54) is 12.8 Å². The molecule has 0 aromatic rings. The van der Waals surface area contributed by atoms with Gasteiger partial charge in [-0.1, -0.05) is 0 Å². The quantitative estimate of drug-likeness (QED) is 0.732. The summed E-state index contributed by atoms with van der Waals surface area (Å²) < 4.78 is 10.6. The van der Waals surface area contributed by atoms with E-state index in [9.17, 15) is 0 Å². The Balaban J connectivity index is 2.24. The number of hydrogen-bond acceptors (Lipinski definition) is 3. The fraction of sp³-hybridized carbons (Fsp3) is 1.00. The van der Waals surface area contributed by atoms with Gasteiger partial charge in [0, 0.05) is 26.3 Å². The maximum absolute atomic E-state index is 5.34. The van der Waals surface area contributed by atoms with Crippen LogP contribution in [-0.4, -0.2) is 38.5 Å². The molecule has 1 fully saturated rings. The first-order chi connectivity index (χ1) is 6.67. The highest BCUT2D eigenvalue weighted by molar-refractivity contribution is 4.84. The topological polar surface area (TPSA) is 30.5 Å². The van der Waals surface area contributed by atoms with E-state index in [0.717, 1.165) is 6.42 Å². The van der Waals surface area contributed by atoms with E-state index in [2.05, 4.69) is 19.2 Å². The van der Waals surface area contributed by atoms with Crippen LogP contribution in [0.1, 0.15) is 33.1 Å². The first-order valence-electron chi connectivity index (χ1n) is 5.49. The van der Waals surface area contributed by atoms with Crippen molar-refractivity contribution in [3.05, 3.63) is 0 Å². The monoisotopic (exact) mass is 201 g/mol. The molecule has 1 rings (SSSR count). The van der Waals surface area contributed by atoms with Gasteiger partial charge in [-0.15, -0.1) is 0 Å². The third-order valence-corrected chi connectivity index (χ3v) is 3.29. The Kier molecular flexibility index (Phi) is 4.85. The van der Waals surface area contributed by atoms with Crippen LogP contribution < -0.4 is 5.32 Å². The lowest BCUT2D eigenvalue weighted by Gasteiger charge is -2.24. The van der Waals surface area contributed by atoms with Crippen LogP contribution >= 0.6 is 0 Å². The van der Waals surface area contributed by atoms with E-state index < -0.39 is 0 Å². The molecule has 0 spiro atoms. The molecule has 1 aliphatic carbocycles. The van der Waals surface area contributed by atoms with Crippen LogP contribution in [0.15, 0.2) is 0 Å². The van der Waals surface area contributed by atoms with Crippen molar-refractivity contribution in [1.29, 1.82) is 0 Å². The molecule has 1 N–H and O–H groups in total. The van der Waals surface area contributed by atoms with Crippen molar-refractivity contribution in [2.45, 2.75) is 57.4 Å². The van der Waals surface area contributed by atoms with Crippen LogP contribution in [0, 0.1) is 0 Å². The smallest absolute Gasteiger partial charge is 0.0693 e. The summed E-state index contributed by atoms with van der Waals surface area (Å²) in [6, 6.07) is 1.02. The van der Waals surface area contributed by atoms with Crippen LogP contribution in [0.4, 0.5) is 0 Å². The highest BCUT2D eigenvalue weighted by Gasteiger charge is 2.26. The summed E-state index contributed by atoms with van der Waals surface area (Å²) in [4.78, 5) is 0. The minimum Gasteiger partial charge on any atom is -0.381 e. The Hall–Kier alpha value is -0.120. The molecule has 1 saturated carbocycles. The average Bonchev–Trinajstić information content (AvgIpc) is 2.64. The molecule has 0 radical (unpaired) electrons. The number of hydrogen-bond donors (Lipinski definition) is 1. The molecule has 0 aromatic carbocycles. The molecule has 4 unspecified atom stereocenters. The maximum atomic E-state index is 5.34. The van der Waals surface area contributed by atoms with Crippen LogP contribution in [0.2, 0.25) is 0 Å². The Labute approximate surface area is 87.2 Å². The molecule has 84 valence electrons. The number of methoxy groups -OCH3 is 2. The average molecular weight is 201 g/mol. The largest absolute Gasteiger partial charge is 0.381 e. The van der Waals surface area contributed by atoms with Gasteiger partial charge in [-0.05, 0) is 33.1 Å². The molecule has 3 nitrogen and oxygen atoms in total. The van der Waals surface area contributed by atoms with Crippen LogP contribution in [-0.2, 0) is 9.47 Å². The van der Waals surface area contributed by atoms with Crippen molar-refractivity contribution < 1.29 is 9.47 Å². The zero-order chi connectivity index (χ0) is 10.6.